The summed E-state index contributed by atoms with van der Waals surface area (Å²) >= 11 is 0. The fourth-order valence-electron chi connectivity index (χ4n) is 3.97. The summed E-state index contributed by atoms with van der Waals surface area (Å²) in [4.78, 5) is 29.5. The second-order valence-electron chi connectivity index (χ2n) is 8.17. The fraction of sp³-hybridized carbons (Fsp3) is 0.259. The first-order valence-electron chi connectivity index (χ1n) is 11.5. The zero-order valence-electron chi connectivity index (χ0n) is 18.7. The van der Waals surface area contributed by atoms with Gasteiger partial charge in [-0.05, 0) is 61.5 Å². The van der Waals surface area contributed by atoms with Gasteiger partial charge >= 0.3 is 0 Å². The molecule has 170 valence electrons. The van der Waals surface area contributed by atoms with E-state index in [1.54, 1.807) is 36.4 Å². The quantitative estimate of drug-likeness (QED) is 0.520. The number of carbonyl (C=O) groups excluding carboxylic acids is 2. The summed E-state index contributed by atoms with van der Waals surface area (Å²) in [7, 11) is 0. The first kappa shape index (κ1) is 22.6. The Hall–Kier alpha value is -3.64. The van der Waals surface area contributed by atoms with Crippen LogP contribution in [0.25, 0.3) is 0 Å². The van der Waals surface area contributed by atoms with Gasteiger partial charge in [0.25, 0.3) is 11.8 Å². The van der Waals surface area contributed by atoms with Crippen LogP contribution >= 0.6 is 0 Å². The molecule has 0 atom stereocenters. The number of hydrogen-bond donors (Lipinski definition) is 2. The maximum atomic E-state index is 12.4. The van der Waals surface area contributed by atoms with E-state index in [1.165, 1.54) is 5.69 Å². The SMILES string of the molecule is O=C(NCCCN1CCN(c2ccccc2)CC1)c1ccc(NC(=O)c2ccccc2)cc1. The molecule has 2 N–H and O–H groups in total. The average molecular weight is 443 g/mol. The van der Waals surface area contributed by atoms with Gasteiger partial charge in [-0.1, -0.05) is 36.4 Å². The maximum absolute atomic E-state index is 12.4. The topological polar surface area (TPSA) is 64.7 Å². The highest BCUT2D eigenvalue weighted by atomic mass is 16.2. The van der Waals surface area contributed by atoms with Crippen LogP contribution in [0.3, 0.4) is 0 Å². The summed E-state index contributed by atoms with van der Waals surface area (Å²) in [5.41, 5.74) is 3.13. The normalized spacial score (nSPS) is 14.0. The van der Waals surface area contributed by atoms with E-state index in [0.29, 0.717) is 23.4 Å². The highest BCUT2D eigenvalue weighted by molar-refractivity contribution is 6.04. The van der Waals surface area contributed by atoms with E-state index < -0.39 is 0 Å². The van der Waals surface area contributed by atoms with Crippen molar-refractivity contribution in [1.29, 1.82) is 0 Å². The van der Waals surface area contributed by atoms with Gasteiger partial charge in [-0.25, -0.2) is 0 Å². The molecule has 0 radical (unpaired) electrons. The molecule has 0 aliphatic carbocycles. The molecule has 6 nitrogen and oxygen atoms in total. The number of nitrogens with zero attached hydrogens (tertiary/aromatic N) is 2. The zero-order chi connectivity index (χ0) is 22.9. The van der Waals surface area contributed by atoms with Gasteiger partial charge in [0.2, 0.25) is 0 Å². The summed E-state index contributed by atoms with van der Waals surface area (Å²) in [6.07, 6.45) is 0.919. The standard InChI is InChI=1S/C27H30N4O2/c32-26(23-12-14-24(15-13-23)29-27(33)22-8-3-1-4-9-22)28-16-7-17-30-18-20-31(21-19-30)25-10-5-2-6-11-25/h1-6,8-15H,7,16-21H2,(H,28,32)(H,29,33). The van der Waals surface area contributed by atoms with Crippen LogP contribution in [0.5, 0.6) is 0 Å². The molecule has 0 spiro atoms. The lowest BCUT2D eigenvalue weighted by Gasteiger charge is -2.36. The fourth-order valence-corrected chi connectivity index (χ4v) is 3.97. The molecule has 1 saturated heterocycles. The predicted octanol–water partition coefficient (Wildman–Crippen LogP) is 3.88. The number of anilines is 2. The van der Waals surface area contributed by atoms with Gasteiger partial charge in [-0.2, -0.15) is 0 Å². The molecule has 1 heterocycles. The van der Waals surface area contributed by atoms with Crippen LogP contribution in [0.2, 0.25) is 0 Å². The number of carbonyl (C=O) groups is 2. The number of amides is 2. The van der Waals surface area contributed by atoms with Crippen LogP contribution in [0.1, 0.15) is 27.1 Å². The van der Waals surface area contributed by atoms with Gasteiger partial charge in [0.1, 0.15) is 0 Å². The van der Waals surface area contributed by atoms with Crippen molar-refractivity contribution in [2.24, 2.45) is 0 Å². The Morgan fingerprint density at radius 3 is 1.97 bits per heavy atom. The van der Waals surface area contributed by atoms with E-state index in [9.17, 15) is 9.59 Å². The summed E-state index contributed by atoms with van der Waals surface area (Å²) in [6, 6.07) is 26.6. The van der Waals surface area contributed by atoms with Crippen molar-refractivity contribution in [2.75, 3.05) is 49.5 Å². The van der Waals surface area contributed by atoms with Gasteiger partial charge in [0.15, 0.2) is 0 Å². The van der Waals surface area contributed by atoms with Gasteiger partial charge < -0.3 is 15.5 Å². The Morgan fingerprint density at radius 2 is 1.30 bits per heavy atom. The lowest BCUT2D eigenvalue weighted by molar-refractivity contribution is 0.0951. The second-order valence-corrected chi connectivity index (χ2v) is 8.17. The molecular formula is C27H30N4O2. The summed E-state index contributed by atoms with van der Waals surface area (Å²) in [5.74, 6) is -0.262. The zero-order valence-corrected chi connectivity index (χ0v) is 18.7. The molecule has 3 aromatic carbocycles. The largest absolute Gasteiger partial charge is 0.369 e. The van der Waals surface area contributed by atoms with Crippen LogP contribution < -0.4 is 15.5 Å². The number of para-hydroxylation sites is 1. The molecule has 0 unspecified atom stereocenters. The van der Waals surface area contributed by atoms with Crippen molar-refractivity contribution >= 4 is 23.2 Å². The smallest absolute Gasteiger partial charge is 0.255 e. The minimum Gasteiger partial charge on any atom is -0.369 e. The van der Waals surface area contributed by atoms with Gasteiger partial charge in [-0.15, -0.1) is 0 Å². The third-order valence-corrected chi connectivity index (χ3v) is 5.87. The maximum Gasteiger partial charge on any atom is 0.255 e. The molecule has 1 fully saturated rings. The van der Waals surface area contributed by atoms with Crippen molar-refractivity contribution in [3.05, 3.63) is 96.1 Å². The lowest BCUT2D eigenvalue weighted by Crippen LogP contribution is -2.47. The first-order chi connectivity index (χ1) is 16.2. The van der Waals surface area contributed by atoms with Crippen molar-refractivity contribution in [2.45, 2.75) is 6.42 Å². The Bertz CT molecular complexity index is 1030. The van der Waals surface area contributed by atoms with Crippen molar-refractivity contribution in [3.63, 3.8) is 0 Å². The monoisotopic (exact) mass is 442 g/mol. The van der Waals surface area contributed by atoms with Gasteiger partial charge in [-0.3, -0.25) is 14.5 Å². The van der Waals surface area contributed by atoms with Crippen LogP contribution in [0, 0.1) is 0 Å². The molecule has 1 aliphatic rings. The minimum absolute atomic E-state index is 0.0927. The summed E-state index contributed by atoms with van der Waals surface area (Å²) in [6.45, 7) is 5.77. The second kappa shape index (κ2) is 11.3. The van der Waals surface area contributed by atoms with E-state index in [-0.39, 0.29) is 11.8 Å². The van der Waals surface area contributed by atoms with Crippen molar-refractivity contribution in [3.8, 4) is 0 Å². The number of rotatable bonds is 8. The Morgan fingerprint density at radius 1 is 0.697 bits per heavy atom. The Kier molecular flexibility index (Phi) is 7.72. The van der Waals surface area contributed by atoms with Crippen LogP contribution in [-0.4, -0.2) is 56.0 Å². The molecule has 33 heavy (non-hydrogen) atoms. The van der Waals surface area contributed by atoms with Crippen LogP contribution in [0.4, 0.5) is 11.4 Å². The molecule has 1 aliphatic heterocycles. The highest BCUT2D eigenvalue weighted by Crippen LogP contribution is 2.15. The average Bonchev–Trinajstić information content (AvgIpc) is 2.88. The lowest BCUT2D eigenvalue weighted by atomic mass is 10.1. The third kappa shape index (κ3) is 6.43. The van der Waals surface area contributed by atoms with E-state index >= 15 is 0 Å². The van der Waals surface area contributed by atoms with E-state index in [1.807, 2.05) is 24.3 Å². The Balaban J connectivity index is 1.15. The van der Waals surface area contributed by atoms with E-state index in [2.05, 4.69) is 44.7 Å². The third-order valence-electron chi connectivity index (χ3n) is 5.87. The van der Waals surface area contributed by atoms with E-state index in [0.717, 1.165) is 39.1 Å². The van der Waals surface area contributed by atoms with Crippen molar-refractivity contribution < 1.29 is 9.59 Å². The predicted molar refractivity (Wildman–Crippen MR) is 133 cm³/mol. The molecule has 0 saturated carbocycles. The van der Waals surface area contributed by atoms with E-state index in [4.69, 9.17) is 0 Å². The number of nitrogens with one attached hydrogen (secondary N) is 2. The van der Waals surface area contributed by atoms with Crippen molar-refractivity contribution in [1.82, 2.24) is 10.2 Å². The minimum atomic E-state index is -0.169. The van der Waals surface area contributed by atoms with Gasteiger partial charge in [0, 0.05) is 55.2 Å². The number of piperazine rings is 1. The van der Waals surface area contributed by atoms with Crippen LogP contribution in [-0.2, 0) is 0 Å². The Labute approximate surface area is 195 Å². The van der Waals surface area contributed by atoms with Crippen LogP contribution in [0.15, 0.2) is 84.9 Å². The molecule has 4 rings (SSSR count). The number of hydrogen-bond acceptors (Lipinski definition) is 4. The highest BCUT2D eigenvalue weighted by Gasteiger charge is 2.16. The molecular weight excluding hydrogens is 412 g/mol. The molecule has 0 aromatic heterocycles. The summed E-state index contributed by atoms with van der Waals surface area (Å²) < 4.78 is 0. The summed E-state index contributed by atoms with van der Waals surface area (Å²) in [5, 5.41) is 5.84. The molecule has 2 amide bonds. The molecule has 6 heteroatoms. The molecule has 0 bridgehead atoms. The molecule has 3 aromatic rings. The first-order valence-corrected chi connectivity index (χ1v) is 11.5. The van der Waals surface area contributed by atoms with Gasteiger partial charge in [0.05, 0.1) is 0 Å². The number of benzene rings is 3.